The zero-order valence-corrected chi connectivity index (χ0v) is 9.33. The van der Waals surface area contributed by atoms with E-state index in [0.29, 0.717) is 0 Å². The molecule has 0 unspecified atom stereocenters. The molecule has 0 radical (unpaired) electrons. The Kier molecular flexibility index (Phi) is 2.88. The summed E-state index contributed by atoms with van der Waals surface area (Å²) in [4.78, 5) is 16.7. The largest absolute Gasteiger partial charge is 0.394 e. The Labute approximate surface area is 84.8 Å². The lowest BCUT2D eigenvalue weighted by atomic mass is 9.98. The number of aliphatic hydroxyl groups excluding tert-OH is 1. The highest BCUT2D eigenvalue weighted by atomic mass is 16.7. The minimum absolute atomic E-state index is 0.0426. The van der Waals surface area contributed by atoms with Crippen LogP contribution in [-0.4, -0.2) is 35.3 Å². The second-order valence-electron chi connectivity index (χ2n) is 5.01. The quantitative estimate of drug-likeness (QED) is 0.691. The maximum atomic E-state index is 11.5. The fourth-order valence-corrected chi connectivity index (χ4v) is 1.07. The van der Waals surface area contributed by atoms with E-state index in [1.165, 1.54) is 5.06 Å². The van der Waals surface area contributed by atoms with Crippen LogP contribution in [0.5, 0.6) is 0 Å². The summed E-state index contributed by atoms with van der Waals surface area (Å²) < 4.78 is 0. The van der Waals surface area contributed by atoms with Crippen molar-refractivity contribution < 1.29 is 14.7 Å². The van der Waals surface area contributed by atoms with E-state index in [0.717, 1.165) is 12.8 Å². The van der Waals surface area contributed by atoms with E-state index in [1.807, 2.05) is 20.8 Å². The molecule has 4 heteroatoms. The Balaban J connectivity index is 2.49. The first-order valence-electron chi connectivity index (χ1n) is 4.89. The predicted octanol–water partition coefficient (Wildman–Crippen LogP) is 0.947. The summed E-state index contributed by atoms with van der Waals surface area (Å²) in [6.07, 6.45) is 1.77. The van der Waals surface area contributed by atoms with Crippen LogP contribution in [0.25, 0.3) is 0 Å². The van der Waals surface area contributed by atoms with Crippen molar-refractivity contribution in [2.24, 2.45) is 5.41 Å². The number of aliphatic hydroxyl groups is 1. The molecule has 1 N–H and O–H groups in total. The first-order valence-corrected chi connectivity index (χ1v) is 4.89. The van der Waals surface area contributed by atoms with Crippen LogP contribution in [0, 0.1) is 5.41 Å². The molecule has 0 bridgehead atoms. The van der Waals surface area contributed by atoms with Gasteiger partial charge in [-0.2, -0.15) is 0 Å². The van der Waals surface area contributed by atoms with E-state index in [4.69, 9.17) is 9.94 Å². The fourth-order valence-electron chi connectivity index (χ4n) is 1.07. The predicted molar refractivity (Wildman–Crippen MR) is 52.4 cm³/mol. The molecule has 0 aromatic heterocycles. The van der Waals surface area contributed by atoms with Crippen LogP contribution in [0.1, 0.15) is 33.6 Å². The van der Waals surface area contributed by atoms with Gasteiger partial charge >= 0.3 is 5.97 Å². The van der Waals surface area contributed by atoms with Gasteiger partial charge in [-0.15, -0.1) is 5.06 Å². The van der Waals surface area contributed by atoms with E-state index in [1.54, 1.807) is 7.05 Å². The number of likely N-dealkylation sites (N-methyl/N-ethyl adjacent to an activating group) is 1. The van der Waals surface area contributed by atoms with Crippen LogP contribution >= 0.6 is 0 Å². The Morgan fingerprint density at radius 1 is 1.50 bits per heavy atom. The fraction of sp³-hybridized carbons (Fsp3) is 0.900. The van der Waals surface area contributed by atoms with Crippen molar-refractivity contribution in [1.82, 2.24) is 5.06 Å². The maximum absolute atomic E-state index is 11.5. The molecule has 1 aliphatic rings. The molecular formula is C10H19NO3. The lowest BCUT2D eigenvalue weighted by Crippen LogP contribution is -2.41. The van der Waals surface area contributed by atoms with E-state index >= 15 is 0 Å². The highest BCUT2D eigenvalue weighted by molar-refractivity contribution is 5.75. The highest BCUT2D eigenvalue weighted by Gasteiger charge is 2.48. The molecule has 0 aliphatic heterocycles. The van der Waals surface area contributed by atoms with Crippen LogP contribution < -0.4 is 0 Å². The zero-order valence-electron chi connectivity index (χ0n) is 9.33. The molecule has 0 atom stereocenters. The molecule has 0 aromatic carbocycles. The standard InChI is InChI=1S/C10H19NO3/c1-9(2,3)8(13)14-11(4)10(7-12)5-6-10/h12H,5-7H2,1-4H3. The van der Waals surface area contributed by atoms with Crippen molar-refractivity contribution in [1.29, 1.82) is 0 Å². The van der Waals surface area contributed by atoms with Crippen LogP contribution in [0.2, 0.25) is 0 Å². The zero-order chi connectivity index (χ0) is 11.0. The van der Waals surface area contributed by atoms with Crippen molar-refractivity contribution in [3.05, 3.63) is 0 Å². The third-order valence-corrected chi connectivity index (χ3v) is 2.62. The topological polar surface area (TPSA) is 49.8 Å². The third kappa shape index (κ3) is 2.25. The summed E-state index contributed by atoms with van der Waals surface area (Å²) in [5.41, 5.74) is -0.805. The average molecular weight is 201 g/mol. The molecule has 0 saturated heterocycles. The molecule has 1 rings (SSSR count). The Bertz CT molecular complexity index is 228. The molecule has 4 nitrogen and oxygen atoms in total. The number of rotatable bonds is 3. The Morgan fingerprint density at radius 2 is 2.00 bits per heavy atom. The molecule has 14 heavy (non-hydrogen) atoms. The first kappa shape index (κ1) is 11.5. The van der Waals surface area contributed by atoms with Crippen LogP contribution in [0.4, 0.5) is 0 Å². The van der Waals surface area contributed by atoms with Crippen LogP contribution in [0.3, 0.4) is 0 Å². The monoisotopic (exact) mass is 201 g/mol. The number of carbonyl (C=O) groups excluding carboxylic acids is 1. The SMILES string of the molecule is CN(OC(=O)C(C)(C)C)C1(CO)CC1. The van der Waals surface area contributed by atoms with E-state index < -0.39 is 5.41 Å². The second kappa shape index (κ2) is 3.51. The summed E-state index contributed by atoms with van der Waals surface area (Å²) in [5.74, 6) is -0.264. The number of nitrogens with zero attached hydrogens (tertiary/aromatic N) is 1. The van der Waals surface area contributed by atoms with Crippen molar-refractivity contribution in [2.75, 3.05) is 13.7 Å². The summed E-state index contributed by atoms with van der Waals surface area (Å²) in [5, 5.41) is 10.6. The maximum Gasteiger partial charge on any atom is 0.330 e. The van der Waals surface area contributed by atoms with Gasteiger partial charge in [-0.3, -0.25) is 0 Å². The van der Waals surface area contributed by atoms with Gasteiger partial charge in [0.2, 0.25) is 0 Å². The van der Waals surface area contributed by atoms with Gasteiger partial charge in [0.1, 0.15) is 0 Å². The van der Waals surface area contributed by atoms with Gasteiger partial charge in [0.15, 0.2) is 0 Å². The lowest BCUT2D eigenvalue weighted by molar-refractivity contribution is -0.210. The summed E-state index contributed by atoms with van der Waals surface area (Å²) in [7, 11) is 1.70. The Morgan fingerprint density at radius 3 is 2.29 bits per heavy atom. The van der Waals surface area contributed by atoms with E-state index in [9.17, 15) is 4.79 Å². The van der Waals surface area contributed by atoms with E-state index in [-0.39, 0.29) is 18.1 Å². The molecule has 0 aromatic rings. The van der Waals surface area contributed by atoms with Gasteiger partial charge in [-0.25, -0.2) is 4.79 Å². The summed E-state index contributed by atoms with van der Waals surface area (Å²) in [6, 6.07) is 0. The number of carbonyl (C=O) groups is 1. The molecule has 0 spiro atoms. The van der Waals surface area contributed by atoms with Crippen molar-refractivity contribution in [2.45, 2.75) is 39.2 Å². The molecule has 1 fully saturated rings. The average Bonchev–Trinajstić information content (AvgIpc) is 2.82. The smallest absolute Gasteiger partial charge is 0.330 e. The van der Waals surface area contributed by atoms with Gasteiger partial charge in [0, 0.05) is 7.05 Å². The van der Waals surface area contributed by atoms with Crippen LogP contribution in [-0.2, 0) is 9.63 Å². The Hall–Kier alpha value is -0.610. The first-order chi connectivity index (χ1) is 6.32. The molecule has 1 saturated carbocycles. The summed E-state index contributed by atoms with van der Waals surface area (Å²) in [6.45, 7) is 5.46. The van der Waals surface area contributed by atoms with Gasteiger partial charge in [-0.05, 0) is 33.6 Å². The van der Waals surface area contributed by atoms with Crippen molar-refractivity contribution in [3.63, 3.8) is 0 Å². The highest BCUT2D eigenvalue weighted by Crippen LogP contribution is 2.40. The molecule has 0 amide bonds. The molecule has 1 aliphatic carbocycles. The molecular weight excluding hydrogens is 182 g/mol. The number of hydrogen-bond acceptors (Lipinski definition) is 4. The summed E-state index contributed by atoms with van der Waals surface area (Å²) >= 11 is 0. The molecule has 82 valence electrons. The van der Waals surface area contributed by atoms with Gasteiger partial charge in [-0.1, -0.05) is 0 Å². The van der Waals surface area contributed by atoms with Crippen molar-refractivity contribution in [3.8, 4) is 0 Å². The van der Waals surface area contributed by atoms with Crippen molar-refractivity contribution >= 4 is 5.97 Å². The van der Waals surface area contributed by atoms with Crippen LogP contribution in [0.15, 0.2) is 0 Å². The van der Waals surface area contributed by atoms with Gasteiger partial charge in [0.05, 0.1) is 17.6 Å². The minimum Gasteiger partial charge on any atom is -0.394 e. The van der Waals surface area contributed by atoms with Gasteiger partial charge in [0.25, 0.3) is 0 Å². The number of hydroxylamine groups is 2. The van der Waals surface area contributed by atoms with Gasteiger partial charge < -0.3 is 9.94 Å². The third-order valence-electron chi connectivity index (χ3n) is 2.62. The van der Waals surface area contributed by atoms with E-state index in [2.05, 4.69) is 0 Å². The normalized spacial score (nSPS) is 19.6. The lowest BCUT2D eigenvalue weighted by Gasteiger charge is -2.27. The second-order valence-corrected chi connectivity index (χ2v) is 5.01. The number of hydrogen-bond donors (Lipinski definition) is 1. The molecule has 0 heterocycles. The minimum atomic E-state index is -0.500.